The Kier molecular flexibility index (Phi) is 10.8. The molecule has 3 N–H and O–H groups in total. The zero-order valence-corrected chi connectivity index (χ0v) is 21.5. The second kappa shape index (κ2) is 13.1. The first-order valence-electron chi connectivity index (χ1n) is 10.3. The topological polar surface area (TPSA) is 113 Å². The Morgan fingerprint density at radius 2 is 1.69 bits per heavy atom. The highest BCUT2D eigenvalue weighted by atomic mass is 35.5. The van der Waals surface area contributed by atoms with Crippen LogP contribution in [0.15, 0.2) is 76.5 Å². The van der Waals surface area contributed by atoms with Gasteiger partial charge in [0.2, 0.25) is 9.84 Å². The number of hydrogen-bond donors (Lipinski definition) is 3. The van der Waals surface area contributed by atoms with Gasteiger partial charge in [-0.1, -0.05) is 47.5 Å². The number of carboxylic acids is 1. The third-order valence-corrected chi connectivity index (χ3v) is 7.26. The predicted molar refractivity (Wildman–Crippen MR) is 137 cm³/mol. The molecule has 0 aromatic heterocycles. The van der Waals surface area contributed by atoms with E-state index in [1.165, 1.54) is 30.3 Å². The van der Waals surface area contributed by atoms with E-state index in [9.17, 15) is 18.3 Å². The molecule has 0 saturated heterocycles. The average Bonchev–Trinajstić information content (AvgIpc) is 2.81. The number of benzene rings is 3. The van der Waals surface area contributed by atoms with E-state index in [-0.39, 0.29) is 33.0 Å². The molecule has 3 aromatic carbocycles. The van der Waals surface area contributed by atoms with Gasteiger partial charge in [-0.25, -0.2) is 13.2 Å². The Morgan fingerprint density at radius 1 is 1.00 bits per heavy atom. The summed E-state index contributed by atoms with van der Waals surface area (Å²) >= 11 is 12.0. The molecule has 35 heavy (non-hydrogen) atoms. The molecule has 0 radical (unpaired) electrons. The van der Waals surface area contributed by atoms with Gasteiger partial charge in [0.25, 0.3) is 0 Å². The molecule has 0 aliphatic rings. The molecule has 0 fully saturated rings. The molecule has 0 heterocycles. The van der Waals surface area contributed by atoms with Gasteiger partial charge < -0.3 is 20.3 Å². The molecule has 0 aliphatic heterocycles. The van der Waals surface area contributed by atoms with Crippen molar-refractivity contribution >= 4 is 51.4 Å². The highest BCUT2D eigenvalue weighted by Gasteiger charge is 2.19. The fourth-order valence-corrected chi connectivity index (χ4v) is 4.97. The van der Waals surface area contributed by atoms with Crippen molar-refractivity contribution in [3.63, 3.8) is 0 Å². The van der Waals surface area contributed by atoms with E-state index in [4.69, 9.17) is 33.0 Å². The summed E-state index contributed by atoms with van der Waals surface area (Å²) in [4.78, 5) is 10.7. The number of aliphatic hydroxyl groups is 1. The number of rotatable bonds is 11. The van der Waals surface area contributed by atoms with Crippen molar-refractivity contribution in [1.82, 2.24) is 5.32 Å². The maximum atomic E-state index is 12.9. The zero-order chi connectivity index (χ0) is 24.7. The zero-order valence-electron chi connectivity index (χ0n) is 18.4. The van der Waals surface area contributed by atoms with Crippen LogP contribution in [-0.2, 0) is 21.1 Å². The first-order valence-corrected chi connectivity index (χ1v) is 12.5. The molecule has 0 aliphatic carbocycles. The molecule has 3 rings (SSSR count). The van der Waals surface area contributed by atoms with Crippen LogP contribution in [0.4, 0.5) is 0 Å². The van der Waals surface area contributed by atoms with Crippen LogP contribution in [0.25, 0.3) is 0 Å². The molecular weight excluding hydrogens is 537 g/mol. The number of ether oxygens (including phenoxy) is 1. The fraction of sp³-hybridized carbons (Fsp3) is 0.208. The minimum atomic E-state index is -3.81. The number of hydrogen-bond acceptors (Lipinski definition) is 6. The molecular formula is C24H24Cl3NO6S. The third-order valence-electron chi connectivity index (χ3n) is 4.96. The minimum absolute atomic E-state index is 0. The van der Waals surface area contributed by atoms with E-state index >= 15 is 0 Å². The summed E-state index contributed by atoms with van der Waals surface area (Å²) in [6, 6.07) is 17.4. The monoisotopic (exact) mass is 559 g/mol. The van der Waals surface area contributed by atoms with Crippen LogP contribution in [0.1, 0.15) is 17.2 Å². The van der Waals surface area contributed by atoms with E-state index in [0.29, 0.717) is 24.5 Å². The molecule has 7 nitrogen and oxygen atoms in total. The maximum Gasteiger partial charge on any atom is 0.341 e. The minimum Gasteiger partial charge on any atom is -0.480 e. The summed E-state index contributed by atoms with van der Waals surface area (Å²) in [6.45, 7) is 0.374. The van der Waals surface area contributed by atoms with Crippen LogP contribution in [0, 0.1) is 0 Å². The summed E-state index contributed by atoms with van der Waals surface area (Å²) in [5.41, 5.74) is 1.66. The molecule has 0 spiro atoms. The largest absolute Gasteiger partial charge is 0.480 e. The molecule has 11 heteroatoms. The van der Waals surface area contributed by atoms with Gasteiger partial charge in [0.15, 0.2) is 6.61 Å². The van der Waals surface area contributed by atoms with Crippen LogP contribution in [0.2, 0.25) is 10.0 Å². The molecule has 1 atom stereocenters. The number of nitrogens with one attached hydrogen (secondary N) is 1. The quantitative estimate of drug-likeness (QED) is 0.294. The Bertz CT molecular complexity index is 1250. The smallest absolute Gasteiger partial charge is 0.341 e. The number of halogens is 3. The summed E-state index contributed by atoms with van der Waals surface area (Å²) in [5, 5.41) is 22.7. The van der Waals surface area contributed by atoms with Crippen molar-refractivity contribution in [2.45, 2.75) is 22.3 Å². The Morgan fingerprint density at radius 3 is 2.31 bits per heavy atom. The van der Waals surface area contributed by atoms with Gasteiger partial charge in [-0.3, -0.25) is 0 Å². The summed E-state index contributed by atoms with van der Waals surface area (Å²) < 4.78 is 30.9. The second-order valence-corrected chi connectivity index (χ2v) is 10.2. The highest BCUT2D eigenvalue weighted by Crippen LogP contribution is 2.30. The molecule has 0 bridgehead atoms. The van der Waals surface area contributed by atoms with E-state index in [0.717, 1.165) is 11.1 Å². The van der Waals surface area contributed by atoms with E-state index < -0.39 is 28.5 Å². The normalized spacial score (nSPS) is 12.0. The second-order valence-electron chi connectivity index (χ2n) is 7.45. The van der Waals surface area contributed by atoms with E-state index in [1.807, 2.05) is 0 Å². The number of carbonyl (C=O) groups is 1. The Balaban J connectivity index is 0.00000432. The van der Waals surface area contributed by atoms with Crippen molar-refractivity contribution in [3.05, 3.63) is 87.9 Å². The lowest BCUT2D eigenvalue weighted by atomic mass is 10.1. The van der Waals surface area contributed by atoms with Crippen molar-refractivity contribution in [2.75, 3.05) is 19.7 Å². The van der Waals surface area contributed by atoms with Gasteiger partial charge in [-0.05, 0) is 66.6 Å². The highest BCUT2D eigenvalue weighted by molar-refractivity contribution is 7.91. The standard InChI is InChI=1S/C24H23Cl2NO6S.ClH/c25-18-3-1-2-17(12-18)22(28)14-27-11-10-16-4-6-19(7-5-16)34(31,32)20-8-9-23(21(26)13-20)33-15-24(29)30;/h1-9,12-13,22,27-28H,10-11,14-15H2,(H,29,30);1H/t22-;/m1./s1. The summed E-state index contributed by atoms with van der Waals surface area (Å²) in [7, 11) is -3.81. The van der Waals surface area contributed by atoms with E-state index in [1.54, 1.807) is 36.4 Å². The van der Waals surface area contributed by atoms with Crippen molar-refractivity contribution in [2.24, 2.45) is 0 Å². The van der Waals surface area contributed by atoms with E-state index in [2.05, 4.69) is 5.32 Å². The van der Waals surface area contributed by atoms with Gasteiger partial charge >= 0.3 is 5.97 Å². The van der Waals surface area contributed by atoms with Crippen molar-refractivity contribution < 1.29 is 28.2 Å². The lowest BCUT2D eigenvalue weighted by Gasteiger charge is -2.13. The van der Waals surface area contributed by atoms with Crippen LogP contribution in [-0.4, -0.2) is 44.3 Å². The van der Waals surface area contributed by atoms with Crippen LogP contribution in [0.5, 0.6) is 5.75 Å². The SMILES string of the molecule is Cl.O=C(O)COc1ccc(S(=O)(=O)c2ccc(CCNC[C@@H](O)c3cccc(Cl)c3)cc2)cc1Cl. The maximum absolute atomic E-state index is 12.9. The molecule has 0 unspecified atom stereocenters. The average molecular weight is 561 g/mol. The molecule has 0 saturated carbocycles. The molecule has 3 aromatic rings. The lowest BCUT2D eigenvalue weighted by molar-refractivity contribution is -0.139. The first kappa shape index (κ1) is 28.9. The van der Waals surface area contributed by atoms with Crippen molar-refractivity contribution in [3.8, 4) is 5.75 Å². The van der Waals surface area contributed by atoms with Gasteiger partial charge in [0.05, 0.1) is 20.9 Å². The van der Waals surface area contributed by atoms with Gasteiger partial charge in [0, 0.05) is 11.6 Å². The van der Waals surface area contributed by atoms with Crippen LogP contribution in [0.3, 0.4) is 0 Å². The number of sulfone groups is 1. The number of carboxylic acid groups (broad SMARTS) is 1. The molecule has 188 valence electrons. The predicted octanol–water partition coefficient (Wildman–Crippen LogP) is 4.58. The molecule has 0 amide bonds. The number of aliphatic hydroxyl groups excluding tert-OH is 1. The summed E-state index contributed by atoms with van der Waals surface area (Å²) in [5.74, 6) is -1.08. The Labute approximate surface area is 220 Å². The van der Waals surface area contributed by atoms with Crippen molar-refractivity contribution in [1.29, 1.82) is 0 Å². The first-order chi connectivity index (χ1) is 16.2. The lowest BCUT2D eigenvalue weighted by Crippen LogP contribution is -2.23. The van der Waals surface area contributed by atoms with Gasteiger partial charge in [-0.2, -0.15) is 0 Å². The van der Waals surface area contributed by atoms with Crippen LogP contribution >= 0.6 is 35.6 Å². The van der Waals surface area contributed by atoms with Gasteiger partial charge in [0.1, 0.15) is 5.75 Å². The summed E-state index contributed by atoms with van der Waals surface area (Å²) in [6.07, 6.45) is -0.0386. The third kappa shape index (κ3) is 8.10. The fourth-order valence-electron chi connectivity index (χ4n) is 3.18. The Hall–Kier alpha value is -2.33. The van der Waals surface area contributed by atoms with Crippen LogP contribution < -0.4 is 10.1 Å². The van der Waals surface area contributed by atoms with Gasteiger partial charge in [-0.15, -0.1) is 12.4 Å². The number of aliphatic carboxylic acids is 1.